The lowest BCUT2D eigenvalue weighted by atomic mass is 10.2. The van der Waals surface area contributed by atoms with Gasteiger partial charge in [-0.2, -0.15) is 9.67 Å². The Bertz CT molecular complexity index is 889. The number of nitrogens with one attached hydrogen (secondary N) is 1. The molecule has 26 heavy (non-hydrogen) atoms. The maximum absolute atomic E-state index is 12.2. The lowest BCUT2D eigenvalue weighted by molar-refractivity contribution is 0.0895. The highest BCUT2D eigenvalue weighted by molar-refractivity contribution is 6.30. The number of hydrogen-bond donors (Lipinski definition) is 1. The zero-order valence-corrected chi connectivity index (χ0v) is 15.3. The van der Waals surface area contributed by atoms with Gasteiger partial charge in [0.1, 0.15) is 5.75 Å². The number of ether oxygens (including phenoxy) is 1. The smallest absolute Gasteiger partial charge is 0.249 e. The first-order chi connectivity index (χ1) is 12.6. The number of nitrogens with zero attached hydrogens (tertiary/aromatic N) is 3. The Kier molecular flexibility index (Phi) is 5.53. The van der Waals surface area contributed by atoms with Gasteiger partial charge in [-0.3, -0.25) is 4.79 Å². The predicted octanol–water partition coefficient (Wildman–Crippen LogP) is 4.27. The summed E-state index contributed by atoms with van der Waals surface area (Å²) in [6.45, 7) is 2.30. The Morgan fingerprint density at radius 1 is 1.15 bits per heavy atom. The second-order valence-corrected chi connectivity index (χ2v) is 6.06. The van der Waals surface area contributed by atoms with Crippen molar-refractivity contribution in [2.24, 2.45) is 0 Å². The van der Waals surface area contributed by atoms with Crippen LogP contribution in [0, 0.1) is 0 Å². The third-order valence-electron chi connectivity index (χ3n) is 3.86. The van der Waals surface area contributed by atoms with Crippen LogP contribution in [0.25, 0.3) is 11.4 Å². The second kappa shape index (κ2) is 8.01. The van der Waals surface area contributed by atoms with E-state index in [4.69, 9.17) is 16.3 Å². The quantitative estimate of drug-likeness (QED) is 0.701. The van der Waals surface area contributed by atoms with Crippen LogP contribution in [0.1, 0.15) is 23.7 Å². The van der Waals surface area contributed by atoms with Gasteiger partial charge in [-0.25, -0.2) is 0 Å². The number of carbonyl (C=O) groups is 1. The molecular formula is C19H19ClN4O2. The summed E-state index contributed by atoms with van der Waals surface area (Å²) in [6.07, 6.45) is 0.334. The minimum absolute atomic E-state index is 0.129. The van der Waals surface area contributed by atoms with E-state index in [1.807, 2.05) is 48.5 Å². The number of hydrogen-bond acceptors (Lipinski definition) is 5. The second-order valence-electron chi connectivity index (χ2n) is 5.63. The van der Waals surface area contributed by atoms with Gasteiger partial charge in [0.25, 0.3) is 0 Å². The van der Waals surface area contributed by atoms with Crippen LogP contribution in [0.5, 0.6) is 5.75 Å². The summed E-state index contributed by atoms with van der Waals surface area (Å²) in [4.78, 5) is 16.7. The Labute approximate surface area is 156 Å². The molecule has 134 valence electrons. The molecule has 0 radical (unpaired) electrons. The first-order valence-electron chi connectivity index (χ1n) is 8.23. The van der Waals surface area contributed by atoms with E-state index in [0.717, 1.165) is 16.9 Å². The molecule has 0 unspecified atom stereocenters. The molecule has 1 heterocycles. The van der Waals surface area contributed by atoms with E-state index < -0.39 is 0 Å². The SMILES string of the molecule is CCC(=O)n1nc(-c2ccc(OC)cc2)nc1NCc1ccc(Cl)cc1. The summed E-state index contributed by atoms with van der Waals surface area (Å²) in [5, 5.41) is 8.22. The van der Waals surface area contributed by atoms with E-state index in [-0.39, 0.29) is 5.91 Å². The van der Waals surface area contributed by atoms with Crippen molar-refractivity contribution in [2.75, 3.05) is 12.4 Å². The molecule has 0 bridgehead atoms. The molecule has 6 nitrogen and oxygen atoms in total. The van der Waals surface area contributed by atoms with Crippen molar-refractivity contribution in [3.63, 3.8) is 0 Å². The fourth-order valence-corrected chi connectivity index (χ4v) is 2.52. The minimum Gasteiger partial charge on any atom is -0.497 e. The Morgan fingerprint density at radius 2 is 1.85 bits per heavy atom. The fourth-order valence-electron chi connectivity index (χ4n) is 2.40. The van der Waals surface area contributed by atoms with E-state index >= 15 is 0 Å². The van der Waals surface area contributed by atoms with Crippen molar-refractivity contribution >= 4 is 23.5 Å². The maximum Gasteiger partial charge on any atom is 0.249 e. The van der Waals surface area contributed by atoms with Crippen LogP contribution >= 0.6 is 11.6 Å². The average Bonchev–Trinajstić information content (AvgIpc) is 3.11. The molecule has 3 rings (SSSR count). The maximum atomic E-state index is 12.2. The summed E-state index contributed by atoms with van der Waals surface area (Å²) in [5.41, 5.74) is 1.84. The number of rotatable bonds is 6. The third kappa shape index (κ3) is 4.03. The van der Waals surface area contributed by atoms with Crippen LogP contribution in [0.2, 0.25) is 5.02 Å². The van der Waals surface area contributed by atoms with E-state index in [1.54, 1.807) is 14.0 Å². The first kappa shape index (κ1) is 17.9. The molecule has 3 aromatic rings. The van der Waals surface area contributed by atoms with Crippen LogP contribution in [0.15, 0.2) is 48.5 Å². The van der Waals surface area contributed by atoms with Gasteiger partial charge in [0.2, 0.25) is 11.9 Å². The molecule has 0 atom stereocenters. The third-order valence-corrected chi connectivity index (χ3v) is 4.11. The molecule has 0 fully saturated rings. The van der Waals surface area contributed by atoms with E-state index in [9.17, 15) is 4.79 Å². The number of halogens is 1. The fraction of sp³-hybridized carbons (Fsp3) is 0.211. The zero-order valence-electron chi connectivity index (χ0n) is 14.6. The molecule has 1 N–H and O–H groups in total. The summed E-state index contributed by atoms with van der Waals surface area (Å²) >= 11 is 5.91. The van der Waals surface area contributed by atoms with Gasteiger partial charge >= 0.3 is 0 Å². The molecule has 0 saturated heterocycles. The van der Waals surface area contributed by atoms with Crippen LogP contribution in [0.4, 0.5) is 5.95 Å². The number of anilines is 1. The minimum atomic E-state index is -0.129. The van der Waals surface area contributed by atoms with E-state index in [2.05, 4.69) is 15.4 Å². The van der Waals surface area contributed by atoms with Crippen molar-refractivity contribution in [1.29, 1.82) is 0 Å². The van der Waals surface area contributed by atoms with Crippen molar-refractivity contribution in [3.05, 3.63) is 59.1 Å². The van der Waals surface area contributed by atoms with Crippen molar-refractivity contribution in [3.8, 4) is 17.1 Å². The van der Waals surface area contributed by atoms with Crippen LogP contribution < -0.4 is 10.1 Å². The molecule has 0 spiro atoms. The number of carbonyl (C=O) groups excluding carboxylic acids is 1. The average molecular weight is 371 g/mol. The summed E-state index contributed by atoms with van der Waals surface area (Å²) in [5.74, 6) is 1.51. The van der Waals surface area contributed by atoms with Crippen molar-refractivity contribution in [1.82, 2.24) is 14.8 Å². The Morgan fingerprint density at radius 3 is 2.46 bits per heavy atom. The molecule has 0 aliphatic rings. The standard InChI is InChI=1S/C19H19ClN4O2/c1-3-17(25)24-19(21-12-13-4-8-15(20)9-5-13)22-18(23-24)14-6-10-16(26-2)11-7-14/h4-11H,3,12H2,1-2H3,(H,21,22,23). The largest absolute Gasteiger partial charge is 0.497 e. The van der Waals surface area contributed by atoms with Crippen molar-refractivity contribution in [2.45, 2.75) is 19.9 Å². The molecule has 0 aliphatic carbocycles. The molecule has 0 amide bonds. The summed E-state index contributed by atoms with van der Waals surface area (Å²) in [6, 6.07) is 14.9. The van der Waals surface area contributed by atoms with Gasteiger partial charge in [0, 0.05) is 23.6 Å². The van der Waals surface area contributed by atoms with E-state index in [0.29, 0.717) is 29.8 Å². The topological polar surface area (TPSA) is 69.0 Å². The molecule has 1 aromatic heterocycles. The highest BCUT2D eigenvalue weighted by atomic mass is 35.5. The van der Waals surface area contributed by atoms with Gasteiger partial charge < -0.3 is 10.1 Å². The number of benzene rings is 2. The lowest BCUT2D eigenvalue weighted by Gasteiger charge is -2.06. The normalized spacial score (nSPS) is 10.6. The number of methoxy groups -OCH3 is 1. The predicted molar refractivity (Wildman–Crippen MR) is 102 cm³/mol. The number of aromatic nitrogens is 3. The molecule has 7 heteroatoms. The summed E-state index contributed by atoms with van der Waals surface area (Å²) in [7, 11) is 1.61. The Hall–Kier alpha value is -2.86. The highest BCUT2D eigenvalue weighted by Gasteiger charge is 2.16. The lowest BCUT2D eigenvalue weighted by Crippen LogP contribution is -2.15. The molecular weight excluding hydrogens is 352 g/mol. The van der Waals surface area contributed by atoms with Crippen molar-refractivity contribution < 1.29 is 9.53 Å². The summed E-state index contributed by atoms with van der Waals surface area (Å²) < 4.78 is 6.48. The molecule has 2 aromatic carbocycles. The van der Waals surface area contributed by atoms with Crippen LogP contribution in [-0.4, -0.2) is 27.8 Å². The molecule has 0 saturated carbocycles. The van der Waals surface area contributed by atoms with Gasteiger partial charge in [0.05, 0.1) is 7.11 Å². The van der Waals surface area contributed by atoms with Gasteiger partial charge in [-0.05, 0) is 42.0 Å². The van der Waals surface area contributed by atoms with Gasteiger partial charge in [-0.15, -0.1) is 5.10 Å². The monoisotopic (exact) mass is 370 g/mol. The van der Waals surface area contributed by atoms with Crippen LogP contribution in [0.3, 0.4) is 0 Å². The first-order valence-corrected chi connectivity index (χ1v) is 8.61. The highest BCUT2D eigenvalue weighted by Crippen LogP contribution is 2.22. The van der Waals surface area contributed by atoms with Gasteiger partial charge in [0.15, 0.2) is 5.82 Å². The Balaban J connectivity index is 1.86. The zero-order chi connectivity index (χ0) is 18.5. The van der Waals surface area contributed by atoms with Crippen LogP contribution in [-0.2, 0) is 6.54 Å². The van der Waals surface area contributed by atoms with E-state index in [1.165, 1.54) is 4.68 Å². The van der Waals surface area contributed by atoms with Gasteiger partial charge in [-0.1, -0.05) is 30.7 Å². The molecule has 0 aliphatic heterocycles.